The average Bonchev–Trinajstić information content (AvgIpc) is 1.54. The van der Waals surface area contributed by atoms with Gasteiger partial charge in [0.15, 0.2) is 0 Å². The van der Waals surface area contributed by atoms with Crippen molar-refractivity contribution in [1.29, 1.82) is 0 Å². The predicted octanol–water partition coefficient (Wildman–Crippen LogP) is -10.5. The monoisotopic (exact) mass is 273 g/mol. The van der Waals surface area contributed by atoms with Crippen LogP contribution in [0.3, 0.4) is 0 Å². The van der Waals surface area contributed by atoms with Gasteiger partial charge in [0, 0.05) is 0 Å². The van der Waals surface area contributed by atoms with Crippen LogP contribution in [0.5, 0.6) is 0 Å². The second-order valence-corrected chi connectivity index (χ2v) is 0.671. The van der Waals surface area contributed by atoms with Crippen LogP contribution >= 0.6 is 0 Å². The van der Waals surface area contributed by atoms with Crippen LogP contribution in [0.25, 0.3) is 0 Å². The Hall–Kier alpha value is 0.560. The van der Waals surface area contributed by atoms with Gasteiger partial charge in [-0.25, -0.2) is 0 Å². The van der Waals surface area contributed by atoms with E-state index in [0.717, 1.165) is 0 Å². The van der Waals surface area contributed by atoms with Gasteiger partial charge in [0.05, 0.1) is 15.3 Å². The normalized spacial score (nSPS) is 4.50. The molecule has 2 N–H and O–H groups in total. The van der Waals surface area contributed by atoms with Gasteiger partial charge in [-0.15, -0.1) is 0 Å². The van der Waals surface area contributed by atoms with Crippen molar-refractivity contribution in [3.63, 3.8) is 0 Å². The fourth-order valence-electron chi connectivity index (χ4n) is 0. The van der Waals surface area contributed by atoms with Crippen molar-refractivity contribution in [3.8, 4) is 0 Å². The first-order valence-corrected chi connectivity index (χ1v) is 1.64. The van der Waals surface area contributed by atoms with Gasteiger partial charge in [-0.2, -0.15) is 0 Å². The van der Waals surface area contributed by atoms with E-state index in [1.165, 1.54) is 0 Å². The van der Waals surface area contributed by atoms with Crippen molar-refractivity contribution in [3.05, 3.63) is 46.0 Å². The molecule has 0 aliphatic heterocycles. The van der Waals surface area contributed by atoms with Crippen LogP contribution in [0.4, 0.5) is 0 Å². The molecule has 0 bridgehead atoms. The minimum Gasteiger partial charge on any atom is -0.412 e. The van der Waals surface area contributed by atoms with E-state index in [1.807, 2.05) is 0 Å². The molecule has 0 unspecified atom stereocenters. The van der Waals surface area contributed by atoms with E-state index < -0.39 is 15.3 Å². The van der Waals surface area contributed by atoms with Crippen LogP contribution in [0, 0.1) is 46.0 Å². The average molecular weight is 273 g/mol. The van der Waals surface area contributed by atoms with Crippen molar-refractivity contribution in [1.82, 2.24) is 0 Å². The van der Waals surface area contributed by atoms with Gasteiger partial charge in [-0.1, -0.05) is 0 Å². The summed E-state index contributed by atoms with van der Waals surface area (Å²) in [6, 6.07) is 0. The molecule has 16 heavy (non-hydrogen) atoms. The van der Waals surface area contributed by atoms with Crippen LogP contribution in [0.15, 0.2) is 0 Å². The summed E-state index contributed by atoms with van der Waals surface area (Å²) in [5.74, 6) is 0. The van der Waals surface area contributed by atoms with Gasteiger partial charge in [0.2, 0.25) is 0 Å². The van der Waals surface area contributed by atoms with E-state index in [2.05, 4.69) is 0 Å². The predicted molar refractivity (Wildman–Crippen MR) is 34.7 cm³/mol. The molecule has 0 spiro atoms. The molecular weight excluding hydrogens is 271 g/mol. The van der Waals surface area contributed by atoms with Crippen LogP contribution in [0.2, 0.25) is 0 Å². The Labute approximate surface area is 153 Å². The summed E-state index contributed by atoms with van der Waals surface area (Å²) >= 11 is 0. The van der Waals surface area contributed by atoms with Gasteiger partial charge in [0.1, 0.15) is 0 Å². The molecule has 0 saturated heterocycles. The van der Waals surface area contributed by atoms with Crippen molar-refractivity contribution < 1.29 is 109 Å². The van der Waals surface area contributed by atoms with Crippen LogP contribution < -0.4 is 88.7 Å². The van der Waals surface area contributed by atoms with E-state index in [-0.39, 0.29) is 94.1 Å². The second kappa shape index (κ2) is 36.1. The Balaban J connectivity index is -0.0000000135. The second-order valence-electron chi connectivity index (χ2n) is 0.671. The molecule has 0 aliphatic rings. The van der Waals surface area contributed by atoms with E-state index in [1.54, 1.807) is 0 Å². The quantitative estimate of drug-likeness (QED) is 0.231. The van der Waals surface area contributed by atoms with Crippen molar-refractivity contribution >= 4 is 0 Å². The molecule has 0 fully saturated rings. The molecule has 0 atom stereocenters. The topological polar surface area (TPSA) is 230 Å². The van der Waals surface area contributed by atoms with Crippen molar-refractivity contribution in [2.75, 3.05) is 0 Å². The molecule has 0 aliphatic carbocycles. The van der Waals surface area contributed by atoms with Gasteiger partial charge in [0.25, 0.3) is 0 Å². The van der Waals surface area contributed by atoms with Gasteiger partial charge in [-0.05, 0) is 0 Å². The summed E-state index contributed by atoms with van der Waals surface area (Å²) in [5.41, 5.74) is 0. The smallest absolute Gasteiger partial charge is 0.412 e. The van der Waals surface area contributed by atoms with E-state index in [4.69, 9.17) is 46.0 Å². The molecule has 0 aromatic heterocycles. The number of rotatable bonds is 0. The third-order valence-corrected chi connectivity index (χ3v) is 0. The van der Waals surface area contributed by atoms with Crippen molar-refractivity contribution in [2.24, 2.45) is 0 Å². The fraction of sp³-hybridized carbons (Fsp3) is 0. The molecule has 0 radical (unpaired) electrons. The summed E-state index contributed by atoms with van der Waals surface area (Å²) in [7, 11) is 0. The Morgan fingerprint density at radius 1 is 0.500 bits per heavy atom. The van der Waals surface area contributed by atoms with Crippen molar-refractivity contribution in [2.45, 2.75) is 0 Å². The Kier molecular flexibility index (Phi) is 99.0. The first-order valence-electron chi connectivity index (χ1n) is 1.64. The Bertz CT molecular complexity index is 119. The Morgan fingerprint density at radius 2 is 0.500 bits per heavy atom. The summed E-state index contributed by atoms with van der Waals surface area (Å²) in [6.07, 6.45) is 0. The maximum absolute atomic E-state index is 8.25. The summed E-state index contributed by atoms with van der Waals surface area (Å²) < 4.78 is 0. The SMILES string of the molecule is O.O=[N+]([O-])[O-].O=[N+]([O-])[O-].O=[N+]([O-])[O-].[Na+].[Na+].[Na+]. The van der Waals surface area contributed by atoms with Crippen LogP contribution in [-0.2, 0) is 0 Å². The maximum atomic E-state index is 8.25. The zero-order valence-corrected chi connectivity index (χ0v) is 14.5. The Morgan fingerprint density at radius 3 is 0.500 bits per heavy atom. The molecule has 0 heterocycles. The molecule has 0 aromatic carbocycles. The minimum atomic E-state index is -1.75. The van der Waals surface area contributed by atoms with Gasteiger partial charge in [-0.3, -0.25) is 0 Å². The number of nitrogens with zero attached hydrogens (tertiary/aromatic N) is 3. The largest absolute Gasteiger partial charge is 1.00 e. The van der Waals surface area contributed by atoms with Gasteiger partial charge >= 0.3 is 88.7 Å². The molecule has 13 nitrogen and oxygen atoms in total. The molecule has 0 amide bonds. The zero-order valence-electron chi connectivity index (χ0n) is 8.52. The first-order chi connectivity index (χ1) is 5.20. The molecule has 16 heteroatoms. The first kappa shape index (κ1) is 43.9. The van der Waals surface area contributed by atoms with Gasteiger partial charge < -0.3 is 51.4 Å². The third-order valence-electron chi connectivity index (χ3n) is 0. The molecular formula is H2N3Na3O10. The van der Waals surface area contributed by atoms with Crippen LogP contribution in [-0.4, -0.2) is 20.7 Å². The number of hydrogen-bond acceptors (Lipinski definition) is 9. The van der Waals surface area contributed by atoms with E-state index in [0.29, 0.717) is 0 Å². The molecule has 0 aromatic rings. The minimum absolute atomic E-state index is 0. The summed E-state index contributed by atoms with van der Waals surface area (Å²) in [6.45, 7) is 0. The summed E-state index contributed by atoms with van der Waals surface area (Å²) in [4.78, 5) is 24.8. The number of hydrogen-bond donors (Lipinski definition) is 0. The van der Waals surface area contributed by atoms with Crippen LogP contribution in [0.1, 0.15) is 0 Å². The fourth-order valence-corrected chi connectivity index (χ4v) is 0. The zero-order chi connectivity index (χ0) is 10.7. The summed E-state index contributed by atoms with van der Waals surface area (Å²) in [5, 5.41) is 44.2. The third kappa shape index (κ3) is 8540. The molecule has 0 saturated carbocycles. The standard InChI is InChI=1S/3NO3.3Na.H2O/c3*2-1(3)4;;;;/h;;;;;;1H2/q3*-1;3*+1;. The van der Waals surface area contributed by atoms with E-state index >= 15 is 0 Å². The molecule has 0 rings (SSSR count). The van der Waals surface area contributed by atoms with E-state index in [9.17, 15) is 0 Å². The molecule has 80 valence electrons. The maximum Gasteiger partial charge on any atom is 1.00 e.